The van der Waals surface area contributed by atoms with Crippen LogP contribution < -0.4 is 10.6 Å². The quantitative estimate of drug-likeness (QED) is 0.654. The maximum Gasteiger partial charge on any atom is 0.413 e. The summed E-state index contributed by atoms with van der Waals surface area (Å²) in [4.78, 5) is 37.4. The van der Waals surface area contributed by atoms with Crippen molar-refractivity contribution in [3.05, 3.63) is 35.9 Å². The molecule has 150 valence electrons. The Kier molecular flexibility index (Phi) is 10.1. The third kappa shape index (κ3) is 9.19. The van der Waals surface area contributed by atoms with Gasteiger partial charge in [0.15, 0.2) is 0 Å². The average Bonchev–Trinajstić information content (AvgIpc) is 2.61. The van der Waals surface area contributed by atoms with E-state index in [9.17, 15) is 14.4 Å². The molecule has 7 heteroatoms. The number of hydrogen-bond acceptors (Lipinski definition) is 5. The summed E-state index contributed by atoms with van der Waals surface area (Å²) in [5.41, 5.74) is 1.06. The highest BCUT2D eigenvalue weighted by Crippen LogP contribution is 2.20. The number of amides is 3. The van der Waals surface area contributed by atoms with Gasteiger partial charge in [-0.2, -0.15) is 0 Å². The topological polar surface area (TPSA) is 87.7 Å². The fourth-order valence-corrected chi connectivity index (χ4v) is 2.68. The maximum absolute atomic E-state index is 12.5. The van der Waals surface area contributed by atoms with Crippen LogP contribution in [0.5, 0.6) is 0 Å². The van der Waals surface area contributed by atoms with Crippen molar-refractivity contribution in [3.63, 3.8) is 0 Å². The van der Waals surface area contributed by atoms with Gasteiger partial charge < -0.3 is 10.1 Å². The monoisotopic (exact) mass is 377 g/mol. The van der Waals surface area contributed by atoms with E-state index in [1.165, 1.54) is 0 Å². The second-order valence-corrected chi connectivity index (χ2v) is 6.73. The van der Waals surface area contributed by atoms with E-state index >= 15 is 0 Å². The standard InChI is InChI=1S/C20H31N3O4/c1-5-23(14-19(25)22-20(26)27-6-2)13-18(24)21-17(12-15(3)4)16-10-8-7-9-11-16/h7-11,15,17H,5-6,12-14H2,1-4H3,(H,21,24)(H,22,25,26)/t17-/m1/s1. The fourth-order valence-electron chi connectivity index (χ4n) is 2.68. The van der Waals surface area contributed by atoms with E-state index in [4.69, 9.17) is 0 Å². The number of alkyl carbamates (subject to hydrolysis) is 1. The molecule has 7 nitrogen and oxygen atoms in total. The summed E-state index contributed by atoms with van der Waals surface area (Å²) in [6.07, 6.45) is 0.0506. The van der Waals surface area contributed by atoms with E-state index in [0.717, 1.165) is 12.0 Å². The van der Waals surface area contributed by atoms with E-state index in [2.05, 4.69) is 29.2 Å². The largest absolute Gasteiger partial charge is 0.450 e. The van der Waals surface area contributed by atoms with Gasteiger partial charge >= 0.3 is 6.09 Å². The fraction of sp³-hybridized carbons (Fsp3) is 0.550. The lowest BCUT2D eigenvalue weighted by atomic mass is 9.97. The van der Waals surface area contributed by atoms with Gasteiger partial charge in [0.1, 0.15) is 0 Å². The van der Waals surface area contributed by atoms with Crippen LogP contribution in [0, 0.1) is 5.92 Å². The Bertz CT molecular complexity index is 605. The van der Waals surface area contributed by atoms with Crippen molar-refractivity contribution in [3.8, 4) is 0 Å². The SMILES string of the molecule is CCOC(=O)NC(=O)CN(CC)CC(=O)N[C@H](CC(C)C)c1ccccc1. The molecule has 1 atom stereocenters. The molecule has 1 rings (SSSR count). The van der Waals surface area contributed by atoms with Crippen molar-refractivity contribution >= 4 is 17.9 Å². The zero-order valence-corrected chi connectivity index (χ0v) is 16.7. The normalized spacial score (nSPS) is 11.9. The van der Waals surface area contributed by atoms with Gasteiger partial charge in [0, 0.05) is 0 Å². The number of rotatable bonds is 10. The number of ether oxygens (including phenoxy) is 1. The van der Waals surface area contributed by atoms with Crippen LogP contribution in [-0.4, -0.2) is 49.0 Å². The number of benzene rings is 1. The molecule has 1 aromatic carbocycles. The summed E-state index contributed by atoms with van der Waals surface area (Å²) in [5.74, 6) is -0.228. The molecule has 3 amide bonds. The molecule has 0 aromatic heterocycles. The van der Waals surface area contributed by atoms with Gasteiger partial charge in [-0.3, -0.25) is 19.8 Å². The van der Waals surface area contributed by atoms with Crippen LogP contribution >= 0.6 is 0 Å². The molecule has 1 aromatic rings. The molecule has 0 spiro atoms. The summed E-state index contributed by atoms with van der Waals surface area (Å²) >= 11 is 0. The van der Waals surface area contributed by atoms with E-state index in [1.54, 1.807) is 11.8 Å². The first-order valence-electron chi connectivity index (χ1n) is 9.38. The molecule has 0 heterocycles. The van der Waals surface area contributed by atoms with Gasteiger partial charge in [0.2, 0.25) is 11.8 Å². The van der Waals surface area contributed by atoms with Gasteiger partial charge in [-0.05, 0) is 31.4 Å². The van der Waals surface area contributed by atoms with E-state index in [0.29, 0.717) is 12.5 Å². The molecular weight excluding hydrogens is 346 g/mol. The highest BCUT2D eigenvalue weighted by Gasteiger charge is 2.19. The predicted octanol–water partition coefficient (Wildman–Crippen LogP) is 2.48. The zero-order valence-electron chi connectivity index (χ0n) is 16.7. The Balaban J connectivity index is 2.62. The van der Waals surface area contributed by atoms with Crippen molar-refractivity contribution in [2.24, 2.45) is 5.92 Å². The number of nitrogens with zero attached hydrogens (tertiary/aromatic N) is 1. The Morgan fingerprint density at radius 2 is 1.67 bits per heavy atom. The van der Waals surface area contributed by atoms with Crippen LogP contribution in [0.2, 0.25) is 0 Å². The molecule has 0 aliphatic rings. The summed E-state index contributed by atoms with van der Waals surface area (Å²) in [6, 6.07) is 9.76. The van der Waals surface area contributed by atoms with Crippen molar-refractivity contribution in [2.45, 2.75) is 40.2 Å². The first-order valence-corrected chi connectivity index (χ1v) is 9.38. The molecule has 0 saturated carbocycles. The minimum absolute atomic E-state index is 0.0527. The number of carbonyl (C=O) groups excluding carboxylic acids is 3. The third-order valence-corrected chi connectivity index (χ3v) is 3.94. The van der Waals surface area contributed by atoms with Crippen LogP contribution in [0.15, 0.2) is 30.3 Å². The Morgan fingerprint density at radius 1 is 1.04 bits per heavy atom. The Morgan fingerprint density at radius 3 is 2.22 bits per heavy atom. The number of likely N-dealkylation sites (N-methyl/N-ethyl adjacent to an activating group) is 1. The molecule has 0 radical (unpaired) electrons. The molecule has 0 bridgehead atoms. The van der Waals surface area contributed by atoms with Crippen molar-refractivity contribution in [1.82, 2.24) is 15.5 Å². The predicted molar refractivity (Wildman–Crippen MR) is 104 cm³/mol. The summed E-state index contributed by atoms with van der Waals surface area (Å²) < 4.78 is 4.68. The van der Waals surface area contributed by atoms with Gasteiger partial charge in [-0.1, -0.05) is 51.1 Å². The van der Waals surface area contributed by atoms with Gasteiger partial charge in [-0.25, -0.2) is 4.79 Å². The van der Waals surface area contributed by atoms with E-state index in [1.807, 2.05) is 37.3 Å². The van der Waals surface area contributed by atoms with Crippen molar-refractivity contribution in [1.29, 1.82) is 0 Å². The van der Waals surface area contributed by atoms with Gasteiger partial charge in [0.05, 0.1) is 25.7 Å². The average molecular weight is 377 g/mol. The second kappa shape index (κ2) is 12.1. The van der Waals surface area contributed by atoms with E-state index < -0.39 is 12.0 Å². The van der Waals surface area contributed by atoms with Crippen LogP contribution in [0.25, 0.3) is 0 Å². The molecule has 0 aliphatic heterocycles. The highest BCUT2D eigenvalue weighted by atomic mass is 16.5. The van der Waals surface area contributed by atoms with Crippen LogP contribution in [-0.2, 0) is 14.3 Å². The number of nitrogens with one attached hydrogen (secondary N) is 2. The number of carbonyl (C=O) groups is 3. The van der Waals surface area contributed by atoms with Gasteiger partial charge in [0.25, 0.3) is 0 Å². The molecule has 2 N–H and O–H groups in total. The summed E-state index contributed by atoms with van der Waals surface area (Å²) in [5, 5.41) is 5.20. The molecule has 0 aliphatic carbocycles. The minimum atomic E-state index is -0.774. The van der Waals surface area contributed by atoms with E-state index in [-0.39, 0.29) is 31.6 Å². The number of hydrogen-bond donors (Lipinski definition) is 2. The molecule has 0 fully saturated rings. The minimum Gasteiger partial charge on any atom is -0.450 e. The lowest BCUT2D eigenvalue weighted by Crippen LogP contribution is -2.44. The summed E-state index contributed by atoms with van der Waals surface area (Å²) in [6.45, 7) is 8.46. The van der Waals surface area contributed by atoms with Crippen molar-refractivity contribution < 1.29 is 19.1 Å². The Hall–Kier alpha value is -2.41. The van der Waals surface area contributed by atoms with Gasteiger partial charge in [-0.15, -0.1) is 0 Å². The number of imide groups is 1. The lowest BCUT2D eigenvalue weighted by molar-refractivity contribution is -0.125. The second-order valence-electron chi connectivity index (χ2n) is 6.73. The zero-order chi connectivity index (χ0) is 20.2. The smallest absolute Gasteiger partial charge is 0.413 e. The highest BCUT2D eigenvalue weighted by molar-refractivity contribution is 5.93. The molecule has 0 saturated heterocycles. The van der Waals surface area contributed by atoms with Crippen LogP contribution in [0.4, 0.5) is 4.79 Å². The maximum atomic E-state index is 12.5. The first-order chi connectivity index (χ1) is 12.8. The first kappa shape index (κ1) is 22.6. The molecule has 27 heavy (non-hydrogen) atoms. The van der Waals surface area contributed by atoms with Crippen LogP contribution in [0.1, 0.15) is 45.7 Å². The molecule has 0 unspecified atom stereocenters. The Labute approximate surface area is 161 Å². The third-order valence-electron chi connectivity index (χ3n) is 3.94. The molecular formula is C20H31N3O4. The van der Waals surface area contributed by atoms with Crippen LogP contribution in [0.3, 0.4) is 0 Å². The summed E-state index contributed by atoms with van der Waals surface area (Å²) in [7, 11) is 0. The van der Waals surface area contributed by atoms with Crippen molar-refractivity contribution in [2.75, 3.05) is 26.2 Å². The lowest BCUT2D eigenvalue weighted by Gasteiger charge is -2.24.